The van der Waals surface area contributed by atoms with Crippen molar-refractivity contribution in [3.8, 4) is 17.1 Å². The first-order valence-corrected chi connectivity index (χ1v) is 8.19. The lowest BCUT2D eigenvalue weighted by Gasteiger charge is -2.12. The van der Waals surface area contributed by atoms with E-state index in [1.54, 1.807) is 25.7 Å². The summed E-state index contributed by atoms with van der Waals surface area (Å²) >= 11 is 0. The molecule has 0 aliphatic carbocycles. The Morgan fingerprint density at radius 3 is 2.62 bits per heavy atom. The minimum Gasteiger partial charge on any atom is -0.496 e. The van der Waals surface area contributed by atoms with Gasteiger partial charge in [0.05, 0.1) is 18.1 Å². The summed E-state index contributed by atoms with van der Waals surface area (Å²) in [6, 6.07) is 13.5. The molecule has 3 heterocycles. The van der Waals surface area contributed by atoms with E-state index in [2.05, 4.69) is 20.3 Å². The Hall–Kier alpha value is -3.54. The van der Waals surface area contributed by atoms with Crippen molar-refractivity contribution in [1.29, 1.82) is 0 Å². The molecule has 4 rings (SSSR count). The molecule has 0 amide bonds. The normalized spacial score (nSPS) is 10.7. The van der Waals surface area contributed by atoms with Gasteiger partial charge >= 0.3 is 0 Å². The van der Waals surface area contributed by atoms with Gasteiger partial charge in [0.1, 0.15) is 11.6 Å². The minimum absolute atomic E-state index is 0.563. The molecule has 6 heteroatoms. The van der Waals surface area contributed by atoms with Gasteiger partial charge in [0.2, 0.25) is 0 Å². The van der Waals surface area contributed by atoms with E-state index in [4.69, 9.17) is 9.72 Å². The lowest BCUT2D eigenvalue weighted by Crippen LogP contribution is -2.01. The van der Waals surface area contributed by atoms with Crippen molar-refractivity contribution in [1.82, 2.24) is 19.9 Å². The topological polar surface area (TPSA) is 72.8 Å². The number of nitrogens with zero attached hydrogens (tertiary/aromatic N) is 4. The van der Waals surface area contributed by atoms with Crippen LogP contribution in [0.3, 0.4) is 0 Å². The predicted octanol–water partition coefficient (Wildman–Crippen LogP) is 4.15. The van der Waals surface area contributed by atoms with Crippen molar-refractivity contribution in [3.05, 3.63) is 66.6 Å². The summed E-state index contributed by atoms with van der Waals surface area (Å²) < 4.78 is 5.50. The molecule has 0 aliphatic heterocycles. The average molecular weight is 343 g/mol. The van der Waals surface area contributed by atoms with Crippen molar-refractivity contribution in [2.45, 2.75) is 6.92 Å². The first kappa shape index (κ1) is 16.0. The van der Waals surface area contributed by atoms with Gasteiger partial charge in [-0.05, 0) is 43.3 Å². The van der Waals surface area contributed by atoms with Crippen LogP contribution in [-0.4, -0.2) is 27.0 Å². The molecule has 0 atom stereocenters. The van der Waals surface area contributed by atoms with Crippen LogP contribution in [-0.2, 0) is 0 Å². The zero-order valence-electron chi connectivity index (χ0n) is 14.5. The van der Waals surface area contributed by atoms with Crippen molar-refractivity contribution < 1.29 is 4.74 Å². The number of benzene rings is 1. The van der Waals surface area contributed by atoms with Gasteiger partial charge in [-0.3, -0.25) is 4.98 Å². The highest BCUT2D eigenvalue weighted by atomic mass is 16.5. The summed E-state index contributed by atoms with van der Waals surface area (Å²) in [6.45, 7) is 2.03. The van der Waals surface area contributed by atoms with Gasteiger partial charge < -0.3 is 10.1 Å². The number of rotatable bonds is 4. The molecule has 0 saturated carbocycles. The maximum Gasteiger partial charge on any atom is 0.167 e. The van der Waals surface area contributed by atoms with Crippen LogP contribution in [0.2, 0.25) is 0 Å². The Morgan fingerprint density at radius 1 is 0.962 bits per heavy atom. The summed E-state index contributed by atoms with van der Waals surface area (Å²) in [4.78, 5) is 17.8. The fraction of sp³-hybridized carbons (Fsp3) is 0.100. The van der Waals surface area contributed by atoms with E-state index in [1.807, 2.05) is 49.4 Å². The molecule has 4 aromatic rings. The number of pyridine rings is 2. The van der Waals surface area contributed by atoms with E-state index >= 15 is 0 Å². The highest BCUT2D eigenvalue weighted by Gasteiger charge is 2.14. The molecule has 0 unspecified atom stereocenters. The molecule has 0 fully saturated rings. The van der Waals surface area contributed by atoms with Crippen molar-refractivity contribution in [2.24, 2.45) is 0 Å². The fourth-order valence-corrected chi connectivity index (χ4v) is 2.75. The fourth-order valence-electron chi connectivity index (χ4n) is 2.75. The minimum atomic E-state index is 0.563. The second-order valence-electron chi connectivity index (χ2n) is 5.84. The summed E-state index contributed by atoms with van der Waals surface area (Å²) in [6.07, 6.45) is 5.19. The highest BCUT2D eigenvalue weighted by Crippen LogP contribution is 2.32. The highest BCUT2D eigenvalue weighted by molar-refractivity contribution is 5.90. The maximum atomic E-state index is 5.50. The first-order valence-electron chi connectivity index (χ1n) is 8.19. The van der Waals surface area contributed by atoms with Gasteiger partial charge in [-0.1, -0.05) is 11.6 Å². The predicted molar refractivity (Wildman–Crippen MR) is 102 cm³/mol. The zero-order valence-corrected chi connectivity index (χ0v) is 14.5. The third-order valence-electron chi connectivity index (χ3n) is 4.01. The molecule has 1 N–H and O–H groups in total. The number of hydrogen-bond donors (Lipinski definition) is 1. The molecule has 128 valence electrons. The van der Waals surface area contributed by atoms with Gasteiger partial charge in [0.25, 0.3) is 0 Å². The van der Waals surface area contributed by atoms with E-state index in [9.17, 15) is 0 Å². The van der Waals surface area contributed by atoms with Crippen LogP contribution in [0, 0.1) is 6.92 Å². The Morgan fingerprint density at radius 2 is 1.81 bits per heavy atom. The molecule has 26 heavy (non-hydrogen) atoms. The maximum absolute atomic E-state index is 5.50. The van der Waals surface area contributed by atoms with Crippen LogP contribution < -0.4 is 10.1 Å². The smallest absolute Gasteiger partial charge is 0.167 e. The lowest BCUT2D eigenvalue weighted by atomic mass is 10.1. The molecule has 6 nitrogen and oxygen atoms in total. The van der Waals surface area contributed by atoms with Crippen LogP contribution in [0.4, 0.5) is 11.5 Å². The molecule has 0 spiro atoms. The Kier molecular flexibility index (Phi) is 4.15. The van der Waals surface area contributed by atoms with E-state index in [0.29, 0.717) is 17.3 Å². The Bertz CT molecular complexity index is 1070. The van der Waals surface area contributed by atoms with Crippen LogP contribution in [0.1, 0.15) is 5.56 Å². The molecule has 0 radical (unpaired) electrons. The van der Waals surface area contributed by atoms with Gasteiger partial charge in [0, 0.05) is 24.3 Å². The molecular formula is C20H17N5O. The second kappa shape index (κ2) is 6.76. The standard InChI is InChI=1S/C20H17N5O/c1-13-5-6-17(26-2)16(12-13)20-24-18-15(4-3-9-22-18)19(25-20)23-14-7-10-21-11-8-14/h3-12H,1-2H3,(H,21,22,23,24,25). The van der Waals surface area contributed by atoms with Crippen molar-refractivity contribution in [3.63, 3.8) is 0 Å². The van der Waals surface area contributed by atoms with Crippen LogP contribution >= 0.6 is 0 Å². The third kappa shape index (κ3) is 3.04. The molecule has 1 aromatic carbocycles. The summed E-state index contributed by atoms with van der Waals surface area (Å²) in [7, 11) is 1.64. The lowest BCUT2D eigenvalue weighted by molar-refractivity contribution is 0.416. The van der Waals surface area contributed by atoms with Crippen LogP contribution in [0.15, 0.2) is 61.1 Å². The number of ether oxygens (including phenoxy) is 1. The van der Waals surface area contributed by atoms with Gasteiger partial charge in [-0.15, -0.1) is 0 Å². The largest absolute Gasteiger partial charge is 0.496 e. The second-order valence-corrected chi connectivity index (χ2v) is 5.84. The van der Waals surface area contributed by atoms with E-state index in [0.717, 1.165) is 28.0 Å². The molecule has 0 aliphatic rings. The summed E-state index contributed by atoms with van der Waals surface area (Å²) in [5.41, 5.74) is 3.45. The van der Waals surface area contributed by atoms with Gasteiger partial charge in [0.15, 0.2) is 11.5 Å². The monoisotopic (exact) mass is 343 g/mol. The third-order valence-corrected chi connectivity index (χ3v) is 4.01. The number of aryl methyl sites for hydroxylation is 1. The zero-order chi connectivity index (χ0) is 17.9. The number of anilines is 2. The number of hydrogen-bond acceptors (Lipinski definition) is 6. The van der Waals surface area contributed by atoms with Crippen LogP contribution in [0.25, 0.3) is 22.4 Å². The van der Waals surface area contributed by atoms with Gasteiger partial charge in [-0.25, -0.2) is 15.0 Å². The van der Waals surface area contributed by atoms with E-state index < -0.39 is 0 Å². The average Bonchev–Trinajstić information content (AvgIpc) is 2.68. The number of aromatic nitrogens is 4. The molecule has 0 saturated heterocycles. The number of methoxy groups -OCH3 is 1. The van der Waals surface area contributed by atoms with Crippen LogP contribution in [0.5, 0.6) is 5.75 Å². The molecule has 3 aromatic heterocycles. The SMILES string of the molecule is COc1ccc(C)cc1-c1nc(Nc2ccncc2)c2cccnc2n1. The molecular weight excluding hydrogens is 326 g/mol. The number of nitrogens with one attached hydrogen (secondary N) is 1. The quantitative estimate of drug-likeness (QED) is 0.600. The van der Waals surface area contributed by atoms with E-state index in [-0.39, 0.29) is 0 Å². The van der Waals surface area contributed by atoms with Crippen molar-refractivity contribution in [2.75, 3.05) is 12.4 Å². The summed E-state index contributed by atoms with van der Waals surface area (Å²) in [5.74, 6) is 1.97. The van der Waals surface area contributed by atoms with E-state index in [1.165, 1.54) is 0 Å². The number of fused-ring (bicyclic) bond motifs is 1. The molecule has 0 bridgehead atoms. The Balaban J connectivity index is 1.91. The van der Waals surface area contributed by atoms with Crippen molar-refractivity contribution >= 4 is 22.5 Å². The van der Waals surface area contributed by atoms with Gasteiger partial charge in [-0.2, -0.15) is 0 Å². The summed E-state index contributed by atoms with van der Waals surface area (Å²) in [5, 5.41) is 4.18. The Labute approximate surface area is 150 Å². The first-order chi connectivity index (χ1) is 12.7.